The molecule has 0 aromatic heterocycles. The van der Waals surface area contributed by atoms with Crippen molar-refractivity contribution in [3.8, 4) is 0 Å². The van der Waals surface area contributed by atoms with Crippen LogP contribution in [0.5, 0.6) is 0 Å². The van der Waals surface area contributed by atoms with E-state index in [2.05, 4.69) is 0 Å². The van der Waals surface area contributed by atoms with E-state index >= 15 is 0 Å². The molecule has 0 aliphatic heterocycles. The molecule has 0 rings (SSSR count). The van der Waals surface area contributed by atoms with Gasteiger partial charge in [0, 0.05) is 11.9 Å². The van der Waals surface area contributed by atoms with Crippen LogP contribution in [0.2, 0.25) is 0 Å². The van der Waals surface area contributed by atoms with Crippen LogP contribution in [0.3, 0.4) is 0 Å². The van der Waals surface area contributed by atoms with E-state index in [9.17, 15) is 13.2 Å². The summed E-state index contributed by atoms with van der Waals surface area (Å²) < 4.78 is 34.7. The van der Waals surface area contributed by atoms with Crippen molar-refractivity contribution in [3.05, 3.63) is 0 Å². The molecule has 0 unspecified atom stereocenters. The van der Waals surface area contributed by atoms with E-state index in [1.54, 1.807) is 0 Å². The van der Waals surface area contributed by atoms with Gasteiger partial charge < -0.3 is 0 Å². The Kier molecular flexibility index (Phi) is 2.62. The Balaban J connectivity index is 3.39. The van der Waals surface area contributed by atoms with Crippen LogP contribution in [0.15, 0.2) is 0 Å². The quantitative estimate of drug-likeness (QED) is 0.517. The minimum absolute atomic E-state index is 0.155. The van der Waals surface area contributed by atoms with Crippen molar-refractivity contribution in [1.82, 2.24) is 4.31 Å². The summed E-state index contributed by atoms with van der Waals surface area (Å²) in [7, 11) is 2.69. The summed E-state index contributed by atoms with van der Waals surface area (Å²) in [4.78, 5) is 0. The number of hydrogen-bond acceptors (Lipinski definition) is 2. The highest BCUT2D eigenvalue weighted by atomic mass is 32.2. The largest absolute Gasteiger partial charge is 0.456 e. The van der Waals surface area contributed by atoms with Gasteiger partial charge in [0.1, 0.15) is 0 Å². The van der Waals surface area contributed by atoms with Gasteiger partial charge >= 0.3 is 5.51 Å². The molecule has 0 atom stereocenters. The molecule has 0 amide bonds. The third kappa shape index (κ3) is 6.10. The number of nitrogens with zero attached hydrogens (tertiary/aromatic N) is 1. The van der Waals surface area contributed by atoms with Crippen LogP contribution in [-0.2, 0) is 0 Å². The van der Waals surface area contributed by atoms with Gasteiger partial charge in [-0.25, -0.2) is 4.31 Å². The zero-order valence-corrected chi connectivity index (χ0v) is 5.31. The number of alkyl halides is 3. The second kappa shape index (κ2) is 2.59. The number of rotatable bonds is 1. The van der Waals surface area contributed by atoms with Gasteiger partial charge in [-0.2, -0.15) is 13.2 Å². The molecular formula is C3H6F3NS. The molecule has 50 valence electrons. The third-order valence-corrected chi connectivity index (χ3v) is 0.858. The second-order valence-electron chi connectivity index (χ2n) is 1.35. The van der Waals surface area contributed by atoms with Crippen LogP contribution in [-0.4, -0.2) is 23.9 Å². The standard InChI is InChI=1S/C3H6F3NS/c1-7(2)8-3(4,5)6/h1-2H3. The molecule has 0 saturated heterocycles. The Morgan fingerprint density at radius 2 is 1.62 bits per heavy atom. The first-order valence-electron chi connectivity index (χ1n) is 1.85. The fraction of sp³-hybridized carbons (Fsp3) is 1.00. The number of hydrogen-bond donors (Lipinski definition) is 0. The van der Waals surface area contributed by atoms with Gasteiger partial charge in [-0.1, -0.05) is 0 Å². The molecule has 0 spiro atoms. The molecular weight excluding hydrogens is 139 g/mol. The monoisotopic (exact) mass is 145 g/mol. The molecule has 0 bridgehead atoms. The molecule has 0 aromatic rings. The fourth-order valence-electron chi connectivity index (χ4n) is 0.207. The first-order chi connectivity index (χ1) is 3.42. The lowest BCUT2D eigenvalue weighted by atomic mass is 11.3. The van der Waals surface area contributed by atoms with Gasteiger partial charge in [0.05, 0.1) is 0 Å². The molecule has 1 nitrogen and oxygen atoms in total. The van der Waals surface area contributed by atoms with Crippen molar-refractivity contribution in [2.75, 3.05) is 14.1 Å². The summed E-state index contributed by atoms with van der Waals surface area (Å²) in [5, 5.41) is 0. The maximum Gasteiger partial charge on any atom is 0.456 e. The van der Waals surface area contributed by atoms with E-state index in [0.29, 0.717) is 0 Å². The highest BCUT2D eigenvalue weighted by Crippen LogP contribution is 2.30. The molecule has 0 aliphatic carbocycles. The lowest BCUT2D eigenvalue weighted by molar-refractivity contribution is -0.0354. The minimum Gasteiger partial charge on any atom is -0.249 e. The Hall–Kier alpha value is 0.100. The van der Waals surface area contributed by atoms with Gasteiger partial charge in [0.2, 0.25) is 0 Å². The van der Waals surface area contributed by atoms with Crippen molar-refractivity contribution in [3.63, 3.8) is 0 Å². The molecule has 0 heterocycles. The topological polar surface area (TPSA) is 3.24 Å². The summed E-state index contributed by atoms with van der Waals surface area (Å²) >= 11 is -0.155. The van der Waals surface area contributed by atoms with Gasteiger partial charge in [-0.3, -0.25) is 0 Å². The first-order valence-corrected chi connectivity index (χ1v) is 2.62. The predicted molar refractivity (Wildman–Crippen MR) is 27.3 cm³/mol. The lowest BCUT2D eigenvalue weighted by Crippen LogP contribution is -2.11. The highest BCUT2D eigenvalue weighted by Gasteiger charge is 2.29. The van der Waals surface area contributed by atoms with Crippen LogP contribution in [0.1, 0.15) is 0 Å². The van der Waals surface area contributed by atoms with Crippen LogP contribution < -0.4 is 0 Å². The minimum atomic E-state index is -4.14. The summed E-state index contributed by atoms with van der Waals surface area (Å²) in [6, 6.07) is 0. The van der Waals surface area contributed by atoms with Gasteiger partial charge in [0.25, 0.3) is 0 Å². The Morgan fingerprint density at radius 1 is 1.25 bits per heavy atom. The summed E-state index contributed by atoms with van der Waals surface area (Å²) in [6.45, 7) is 0. The normalized spacial score (nSPS) is 12.8. The molecule has 0 radical (unpaired) electrons. The Morgan fingerprint density at radius 3 is 1.62 bits per heavy atom. The molecule has 8 heavy (non-hydrogen) atoms. The molecule has 5 heteroatoms. The molecule has 0 fully saturated rings. The van der Waals surface area contributed by atoms with Gasteiger partial charge in [-0.15, -0.1) is 0 Å². The molecule has 0 aliphatic rings. The molecule has 0 N–H and O–H groups in total. The van der Waals surface area contributed by atoms with E-state index in [-0.39, 0.29) is 11.9 Å². The molecule has 0 aromatic carbocycles. The lowest BCUT2D eigenvalue weighted by Gasteiger charge is -2.09. The zero-order valence-electron chi connectivity index (χ0n) is 4.49. The average molecular weight is 145 g/mol. The van der Waals surface area contributed by atoms with Crippen LogP contribution in [0.4, 0.5) is 13.2 Å². The SMILES string of the molecule is CN(C)SC(F)(F)F. The van der Waals surface area contributed by atoms with Crippen molar-refractivity contribution in [2.45, 2.75) is 5.51 Å². The van der Waals surface area contributed by atoms with Crippen molar-refractivity contribution in [1.29, 1.82) is 0 Å². The van der Waals surface area contributed by atoms with E-state index in [4.69, 9.17) is 0 Å². The summed E-state index contributed by atoms with van der Waals surface area (Å²) in [5.41, 5.74) is -4.14. The molecule has 0 saturated carbocycles. The van der Waals surface area contributed by atoms with Crippen LogP contribution >= 0.6 is 11.9 Å². The average Bonchev–Trinajstić information content (AvgIpc) is 1.21. The maximum absolute atomic E-state index is 11.2. The van der Waals surface area contributed by atoms with Crippen molar-refractivity contribution in [2.24, 2.45) is 0 Å². The van der Waals surface area contributed by atoms with E-state index in [1.807, 2.05) is 0 Å². The fourth-order valence-corrected chi connectivity index (χ4v) is 0.621. The number of halogens is 3. The van der Waals surface area contributed by atoms with Gasteiger partial charge in [-0.05, 0) is 14.1 Å². The van der Waals surface area contributed by atoms with Crippen LogP contribution in [0, 0.1) is 0 Å². The van der Waals surface area contributed by atoms with Gasteiger partial charge in [0.15, 0.2) is 0 Å². The van der Waals surface area contributed by atoms with E-state index in [0.717, 1.165) is 4.31 Å². The second-order valence-corrected chi connectivity index (χ2v) is 2.73. The predicted octanol–water partition coefficient (Wildman–Crippen LogP) is 1.72. The third-order valence-electron chi connectivity index (χ3n) is 0.286. The Bertz CT molecular complexity index is 69.4. The first kappa shape index (κ1) is 8.10. The Labute approximate surface area is 50.0 Å². The van der Waals surface area contributed by atoms with E-state index < -0.39 is 5.51 Å². The van der Waals surface area contributed by atoms with Crippen molar-refractivity contribution < 1.29 is 13.2 Å². The highest BCUT2D eigenvalue weighted by molar-refractivity contribution is 7.97. The maximum atomic E-state index is 11.2. The summed E-state index contributed by atoms with van der Waals surface area (Å²) in [5.74, 6) is 0. The summed E-state index contributed by atoms with van der Waals surface area (Å²) in [6.07, 6.45) is 0. The van der Waals surface area contributed by atoms with Crippen molar-refractivity contribution >= 4 is 11.9 Å². The smallest absolute Gasteiger partial charge is 0.249 e. The zero-order chi connectivity index (χ0) is 6.78. The van der Waals surface area contributed by atoms with E-state index in [1.165, 1.54) is 14.1 Å². The van der Waals surface area contributed by atoms with Crippen LogP contribution in [0.25, 0.3) is 0 Å².